The fraction of sp³-hybridized carbons (Fsp3) is 0.611. The highest BCUT2D eigenvalue weighted by Crippen LogP contribution is 2.32. The van der Waals surface area contributed by atoms with Crippen LogP contribution in [0, 0.1) is 0 Å². The average molecular weight is 445 g/mol. The molecule has 0 spiro atoms. The van der Waals surface area contributed by atoms with Crippen molar-refractivity contribution in [2.45, 2.75) is 31.8 Å². The number of nitrogens with zero attached hydrogens (tertiary/aromatic N) is 1. The molecule has 2 N–H and O–H groups in total. The fourth-order valence-electron chi connectivity index (χ4n) is 3.25. The summed E-state index contributed by atoms with van der Waals surface area (Å²) in [7, 11) is 0. The highest BCUT2D eigenvalue weighted by atomic mass is 127. The maximum absolute atomic E-state index is 5.64. The summed E-state index contributed by atoms with van der Waals surface area (Å²) in [5.41, 5.74) is 2.98. The Morgan fingerprint density at radius 2 is 2.12 bits per heavy atom. The van der Waals surface area contributed by atoms with Crippen molar-refractivity contribution in [3.05, 3.63) is 35.4 Å². The molecular weight excluding hydrogens is 417 g/mol. The summed E-state index contributed by atoms with van der Waals surface area (Å²) in [5, 5.41) is 6.80. The molecule has 6 heteroatoms. The molecule has 1 aliphatic carbocycles. The van der Waals surface area contributed by atoms with Crippen LogP contribution < -0.4 is 10.6 Å². The maximum Gasteiger partial charge on any atom is 0.191 e. The van der Waals surface area contributed by atoms with Crippen molar-refractivity contribution in [3.63, 3.8) is 0 Å². The number of guanidine groups is 1. The van der Waals surface area contributed by atoms with Crippen LogP contribution in [-0.2, 0) is 15.9 Å². The lowest BCUT2D eigenvalue weighted by molar-refractivity contribution is -0.0832. The van der Waals surface area contributed by atoms with E-state index in [1.165, 1.54) is 24.0 Å². The fourth-order valence-corrected chi connectivity index (χ4v) is 3.25. The van der Waals surface area contributed by atoms with Crippen molar-refractivity contribution < 1.29 is 9.47 Å². The van der Waals surface area contributed by atoms with Gasteiger partial charge in [0, 0.05) is 19.0 Å². The number of ether oxygens (including phenoxy) is 2. The minimum absolute atomic E-state index is 0. The summed E-state index contributed by atoms with van der Waals surface area (Å²) < 4.78 is 11.1. The SMILES string of the molecule is CCNC(=NCC1COCCO1)NCC1CCc2ccccc21.I. The Kier molecular flexibility index (Phi) is 8.28. The summed E-state index contributed by atoms with van der Waals surface area (Å²) in [6.07, 6.45) is 2.47. The zero-order valence-electron chi connectivity index (χ0n) is 14.3. The van der Waals surface area contributed by atoms with Crippen molar-refractivity contribution in [1.29, 1.82) is 0 Å². The molecule has 0 bridgehead atoms. The number of aryl methyl sites for hydroxylation is 1. The first-order valence-electron chi connectivity index (χ1n) is 8.66. The van der Waals surface area contributed by atoms with Crippen LogP contribution in [-0.4, -0.2) is 51.5 Å². The maximum atomic E-state index is 5.64. The topological polar surface area (TPSA) is 54.9 Å². The number of halogens is 1. The summed E-state index contributed by atoms with van der Waals surface area (Å²) in [6.45, 7) is 6.50. The third-order valence-corrected chi connectivity index (χ3v) is 4.46. The van der Waals surface area contributed by atoms with Gasteiger partial charge in [0.25, 0.3) is 0 Å². The molecule has 0 radical (unpaired) electrons. The van der Waals surface area contributed by atoms with E-state index in [1.54, 1.807) is 0 Å². The van der Waals surface area contributed by atoms with E-state index in [-0.39, 0.29) is 30.1 Å². The van der Waals surface area contributed by atoms with Crippen molar-refractivity contribution in [3.8, 4) is 0 Å². The highest BCUT2D eigenvalue weighted by molar-refractivity contribution is 14.0. The van der Waals surface area contributed by atoms with Gasteiger partial charge >= 0.3 is 0 Å². The van der Waals surface area contributed by atoms with Gasteiger partial charge in [-0.3, -0.25) is 4.99 Å². The smallest absolute Gasteiger partial charge is 0.191 e. The molecule has 0 aromatic heterocycles. The molecule has 1 aromatic rings. The van der Waals surface area contributed by atoms with Gasteiger partial charge in [0.1, 0.15) is 6.10 Å². The van der Waals surface area contributed by atoms with Crippen LogP contribution >= 0.6 is 24.0 Å². The molecular formula is C18H28IN3O2. The molecule has 24 heavy (non-hydrogen) atoms. The molecule has 2 aliphatic rings. The lowest BCUT2D eigenvalue weighted by Crippen LogP contribution is -2.40. The first-order valence-corrected chi connectivity index (χ1v) is 8.66. The van der Waals surface area contributed by atoms with Crippen LogP contribution in [0.15, 0.2) is 29.3 Å². The Morgan fingerprint density at radius 3 is 2.92 bits per heavy atom. The molecule has 1 aromatic carbocycles. The van der Waals surface area contributed by atoms with Gasteiger partial charge in [-0.1, -0.05) is 24.3 Å². The molecule has 1 saturated heterocycles. The van der Waals surface area contributed by atoms with E-state index < -0.39 is 0 Å². The predicted octanol–water partition coefficient (Wildman–Crippen LogP) is 2.30. The second-order valence-corrected chi connectivity index (χ2v) is 6.10. The van der Waals surface area contributed by atoms with Crippen LogP contribution in [0.25, 0.3) is 0 Å². The van der Waals surface area contributed by atoms with E-state index in [4.69, 9.17) is 9.47 Å². The third kappa shape index (κ3) is 5.32. The molecule has 5 nitrogen and oxygen atoms in total. The van der Waals surface area contributed by atoms with Crippen molar-refractivity contribution in [2.75, 3.05) is 39.5 Å². The number of nitrogens with one attached hydrogen (secondary N) is 2. The summed E-state index contributed by atoms with van der Waals surface area (Å²) in [4.78, 5) is 4.64. The third-order valence-electron chi connectivity index (χ3n) is 4.46. The van der Waals surface area contributed by atoms with Crippen LogP contribution in [0.5, 0.6) is 0 Å². The van der Waals surface area contributed by atoms with E-state index in [1.807, 2.05) is 0 Å². The molecule has 2 unspecified atom stereocenters. The van der Waals surface area contributed by atoms with Gasteiger partial charge in [-0.15, -0.1) is 24.0 Å². The lowest BCUT2D eigenvalue weighted by atomic mass is 10.0. The van der Waals surface area contributed by atoms with E-state index in [0.29, 0.717) is 32.3 Å². The van der Waals surface area contributed by atoms with Gasteiger partial charge < -0.3 is 20.1 Å². The van der Waals surface area contributed by atoms with Crippen molar-refractivity contribution in [1.82, 2.24) is 10.6 Å². The zero-order chi connectivity index (χ0) is 15.9. The van der Waals surface area contributed by atoms with E-state index in [0.717, 1.165) is 19.0 Å². The minimum atomic E-state index is 0. The standard InChI is InChI=1S/C18H27N3O2.HI/c1-2-19-18(21-12-16-13-22-9-10-23-16)20-11-15-8-7-14-5-3-4-6-17(14)15;/h3-6,15-16H,2,7-13H2,1H3,(H2,19,20,21);1H. The number of aliphatic imine (C=N–C) groups is 1. The molecule has 1 heterocycles. The molecule has 1 fully saturated rings. The number of rotatable bonds is 5. The van der Waals surface area contributed by atoms with Gasteiger partial charge in [-0.05, 0) is 30.9 Å². The molecule has 1 aliphatic heterocycles. The van der Waals surface area contributed by atoms with E-state index in [2.05, 4.69) is 46.8 Å². The molecule has 134 valence electrons. The number of fused-ring (bicyclic) bond motifs is 1. The van der Waals surface area contributed by atoms with E-state index in [9.17, 15) is 0 Å². The van der Waals surface area contributed by atoms with Gasteiger partial charge in [0.2, 0.25) is 0 Å². The van der Waals surface area contributed by atoms with Crippen LogP contribution in [0.2, 0.25) is 0 Å². The largest absolute Gasteiger partial charge is 0.376 e. The van der Waals surface area contributed by atoms with Crippen molar-refractivity contribution >= 4 is 29.9 Å². The molecule has 3 rings (SSSR count). The van der Waals surface area contributed by atoms with Gasteiger partial charge in [0.15, 0.2) is 5.96 Å². The van der Waals surface area contributed by atoms with Crippen LogP contribution in [0.3, 0.4) is 0 Å². The average Bonchev–Trinajstić information content (AvgIpc) is 3.01. The van der Waals surface area contributed by atoms with Crippen LogP contribution in [0.1, 0.15) is 30.4 Å². The summed E-state index contributed by atoms with van der Waals surface area (Å²) >= 11 is 0. The zero-order valence-corrected chi connectivity index (χ0v) is 16.6. The second-order valence-electron chi connectivity index (χ2n) is 6.10. The molecule has 2 atom stereocenters. The van der Waals surface area contributed by atoms with Crippen LogP contribution in [0.4, 0.5) is 0 Å². The van der Waals surface area contributed by atoms with Crippen molar-refractivity contribution in [2.24, 2.45) is 4.99 Å². The first kappa shape index (κ1) is 19.5. The molecule has 0 saturated carbocycles. The molecule has 0 amide bonds. The van der Waals surface area contributed by atoms with Gasteiger partial charge in [-0.25, -0.2) is 0 Å². The number of hydrogen-bond acceptors (Lipinski definition) is 3. The second kappa shape index (κ2) is 10.2. The van der Waals surface area contributed by atoms with E-state index >= 15 is 0 Å². The Bertz CT molecular complexity index is 533. The monoisotopic (exact) mass is 445 g/mol. The Morgan fingerprint density at radius 1 is 1.25 bits per heavy atom. The predicted molar refractivity (Wildman–Crippen MR) is 107 cm³/mol. The Balaban J connectivity index is 0.00000208. The van der Waals surface area contributed by atoms with Gasteiger partial charge in [-0.2, -0.15) is 0 Å². The Hall–Kier alpha value is -0.860. The lowest BCUT2D eigenvalue weighted by Gasteiger charge is -2.22. The number of benzene rings is 1. The summed E-state index contributed by atoms with van der Waals surface area (Å²) in [6, 6.07) is 8.77. The van der Waals surface area contributed by atoms with Gasteiger partial charge in [0.05, 0.1) is 26.4 Å². The first-order chi connectivity index (χ1) is 11.4. The summed E-state index contributed by atoms with van der Waals surface area (Å²) in [5.74, 6) is 1.44. The number of hydrogen-bond donors (Lipinski definition) is 2. The Labute approximate surface area is 161 Å². The quantitative estimate of drug-likeness (QED) is 0.415. The highest BCUT2D eigenvalue weighted by Gasteiger charge is 2.22. The normalized spacial score (nSPS) is 23.3. The minimum Gasteiger partial charge on any atom is -0.376 e.